The van der Waals surface area contributed by atoms with Crippen molar-refractivity contribution in [3.63, 3.8) is 0 Å². The standard InChI is InChI=1S/C13H18N4/c1-2-12-16-11-6-4-8-15-13(11)17(12)9-10-5-3-7-14-10/h4,6,8,10,14H,2-3,5,7,9H2,1H3. The highest BCUT2D eigenvalue weighted by Gasteiger charge is 2.18. The van der Waals surface area contributed by atoms with E-state index in [9.17, 15) is 0 Å². The van der Waals surface area contributed by atoms with E-state index in [0.29, 0.717) is 6.04 Å². The van der Waals surface area contributed by atoms with E-state index in [0.717, 1.165) is 36.5 Å². The lowest BCUT2D eigenvalue weighted by Crippen LogP contribution is -2.27. The summed E-state index contributed by atoms with van der Waals surface area (Å²) in [6.07, 6.45) is 5.35. The zero-order chi connectivity index (χ0) is 11.7. The average Bonchev–Trinajstić information content (AvgIpc) is 2.98. The normalized spacial score (nSPS) is 20.2. The molecule has 1 N–H and O–H groups in total. The minimum Gasteiger partial charge on any atom is -0.312 e. The Labute approximate surface area is 101 Å². The molecule has 1 atom stereocenters. The lowest BCUT2D eigenvalue weighted by molar-refractivity contribution is 0.504. The van der Waals surface area contributed by atoms with Crippen LogP contribution in [0.25, 0.3) is 11.2 Å². The van der Waals surface area contributed by atoms with Gasteiger partial charge < -0.3 is 9.88 Å². The van der Waals surface area contributed by atoms with Crippen LogP contribution in [0.15, 0.2) is 18.3 Å². The molecule has 0 spiro atoms. The summed E-state index contributed by atoms with van der Waals surface area (Å²) in [5, 5.41) is 3.53. The molecule has 2 aromatic heterocycles. The molecular formula is C13H18N4. The van der Waals surface area contributed by atoms with Gasteiger partial charge in [-0.05, 0) is 31.5 Å². The van der Waals surface area contributed by atoms with E-state index in [4.69, 9.17) is 0 Å². The fourth-order valence-corrected chi connectivity index (χ4v) is 2.60. The summed E-state index contributed by atoms with van der Waals surface area (Å²) in [5.41, 5.74) is 2.04. The van der Waals surface area contributed by atoms with Crippen molar-refractivity contribution in [2.75, 3.05) is 6.54 Å². The van der Waals surface area contributed by atoms with Crippen molar-refractivity contribution in [1.82, 2.24) is 19.9 Å². The second-order valence-corrected chi connectivity index (χ2v) is 4.63. The molecule has 17 heavy (non-hydrogen) atoms. The predicted octanol–water partition coefficient (Wildman–Crippen LogP) is 1.75. The van der Waals surface area contributed by atoms with Gasteiger partial charge in [-0.25, -0.2) is 9.97 Å². The third-order valence-electron chi connectivity index (χ3n) is 3.46. The first-order valence-corrected chi connectivity index (χ1v) is 6.42. The molecule has 1 saturated heterocycles. The molecule has 1 unspecified atom stereocenters. The van der Waals surface area contributed by atoms with Crippen LogP contribution in [0.4, 0.5) is 0 Å². The maximum atomic E-state index is 4.65. The van der Waals surface area contributed by atoms with E-state index in [1.54, 1.807) is 0 Å². The zero-order valence-corrected chi connectivity index (χ0v) is 10.2. The van der Waals surface area contributed by atoms with Crippen molar-refractivity contribution in [3.8, 4) is 0 Å². The smallest absolute Gasteiger partial charge is 0.160 e. The van der Waals surface area contributed by atoms with Gasteiger partial charge in [0.2, 0.25) is 0 Å². The number of nitrogens with zero attached hydrogens (tertiary/aromatic N) is 3. The summed E-state index contributed by atoms with van der Waals surface area (Å²) in [7, 11) is 0. The van der Waals surface area contributed by atoms with Gasteiger partial charge in [0, 0.05) is 25.2 Å². The van der Waals surface area contributed by atoms with Crippen molar-refractivity contribution in [3.05, 3.63) is 24.2 Å². The summed E-state index contributed by atoms with van der Waals surface area (Å²) in [5.74, 6) is 1.15. The molecule has 4 nitrogen and oxygen atoms in total. The van der Waals surface area contributed by atoms with E-state index in [1.807, 2.05) is 18.3 Å². The van der Waals surface area contributed by atoms with E-state index in [-0.39, 0.29) is 0 Å². The van der Waals surface area contributed by atoms with Crippen LogP contribution in [0.5, 0.6) is 0 Å². The minimum absolute atomic E-state index is 0.583. The molecule has 2 aromatic rings. The highest BCUT2D eigenvalue weighted by molar-refractivity contribution is 5.71. The third-order valence-corrected chi connectivity index (χ3v) is 3.46. The van der Waals surface area contributed by atoms with Gasteiger partial charge in [-0.1, -0.05) is 6.92 Å². The summed E-state index contributed by atoms with van der Waals surface area (Å²) in [6.45, 7) is 4.29. The van der Waals surface area contributed by atoms with Crippen molar-refractivity contribution >= 4 is 11.2 Å². The van der Waals surface area contributed by atoms with Crippen LogP contribution in [0.1, 0.15) is 25.6 Å². The van der Waals surface area contributed by atoms with Gasteiger partial charge in [0.1, 0.15) is 11.3 Å². The van der Waals surface area contributed by atoms with Gasteiger partial charge in [-0.15, -0.1) is 0 Å². The first-order valence-electron chi connectivity index (χ1n) is 6.42. The fraction of sp³-hybridized carbons (Fsp3) is 0.538. The molecule has 4 heteroatoms. The Balaban J connectivity index is 1.99. The Bertz CT molecular complexity index is 511. The van der Waals surface area contributed by atoms with Crippen molar-refractivity contribution < 1.29 is 0 Å². The highest BCUT2D eigenvalue weighted by Crippen LogP contribution is 2.17. The van der Waals surface area contributed by atoms with Crippen LogP contribution in [0.3, 0.4) is 0 Å². The lowest BCUT2D eigenvalue weighted by Gasteiger charge is -2.13. The molecule has 0 aromatic carbocycles. The summed E-state index contributed by atoms with van der Waals surface area (Å²) >= 11 is 0. The Morgan fingerprint density at radius 3 is 3.24 bits per heavy atom. The van der Waals surface area contributed by atoms with E-state index in [2.05, 4.69) is 26.8 Å². The third kappa shape index (κ3) is 1.93. The first-order chi connectivity index (χ1) is 8.38. The number of pyridine rings is 1. The number of aryl methyl sites for hydroxylation is 1. The highest BCUT2D eigenvalue weighted by atomic mass is 15.1. The number of hydrogen-bond donors (Lipinski definition) is 1. The summed E-state index contributed by atoms with van der Waals surface area (Å²) < 4.78 is 2.28. The number of nitrogens with one attached hydrogen (secondary N) is 1. The van der Waals surface area contributed by atoms with Crippen molar-refractivity contribution in [1.29, 1.82) is 0 Å². The van der Waals surface area contributed by atoms with Gasteiger partial charge in [0.05, 0.1) is 0 Å². The maximum Gasteiger partial charge on any atom is 0.160 e. The minimum atomic E-state index is 0.583. The topological polar surface area (TPSA) is 42.7 Å². The summed E-state index contributed by atoms with van der Waals surface area (Å²) in [4.78, 5) is 9.11. The lowest BCUT2D eigenvalue weighted by atomic mass is 10.2. The van der Waals surface area contributed by atoms with Crippen LogP contribution in [-0.4, -0.2) is 27.1 Å². The van der Waals surface area contributed by atoms with E-state index in [1.165, 1.54) is 12.8 Å². The SMILES string of the molecule is CCc1nc2cccnc2n1CC1CCCN1. The van der Waals surface area contributed by atoms with Gasteiger partial charge in [-0.2, -0.15) is 0 Å². The fourth-order valence-electron chi connectivity index (χ4n) is 2.60. The number of aromatic nitrogens is 3. The number of rotatable bonds is 3. The van der Waals surface area contributed by atoms with Gasteiger partial charge >= 0.3 is 0 Å². The molecule has 1 aliphatic rings. The molecule has 0 amide bonds. The molecule has 0 aliphatic carbocycles. The first kappa shape index (κ1) is 10.7. The van der Waals surface area contributed by atoms with Crippen molar-refractivity contribution in [2.24, 2.45) is 0 Å². The zero-order valence-electron chi connectivity index (χ0n) is 10.2. The molecule has 3 rings (SSSR count). The number of imidazole rings is 1. The summed E-state index contributed by atoms with van der Waals surface area (Å²) in [6, 6.07) is 4.58. The molecule has 1 fully saturated rings. The van der Waals surface area contributed by atoms with Gasteiger partial charge in [0.25, 0.3) is 0 Å². The van der Waals surface area contributed by atoms with Crippen LogP contribution >= 0.6 is 0 Å². The van der Waals surface area contributed by atoms with E-state index < -0.39 is 0 Å². The second kappa shape index (κ2) is 4.45. The van der Waals surface area contributed by atoms with Gasteiger partial charge in [-0.3, -0.25) is 0 Å². The quantitative estimate of drug-likeness (QED) is 0.873. The molecular weight excluding hydrogens is 212 g/mol. The predicted molar refractivity (Wildman–Crippen MR) is 67.9 cm³/mol. The molecule has 0 bridgehead atoms. The Morgan fingerprint density at radius 2 is 2.47 bits per heavy atom. The van der Waals surface area contributed by atoms with Crippen LogP contribution in [0.2, 0.25) is 0 Å². The Kier molecular flexibility index (Phi) is 2.81. The Morgan fingerprint density at radius 1 is 1.53 bits per heavy atom. The van der Waals surface area contributed by atoms with Crippen LogP contribution < -0.4 is 5.32 Å². The number of hydrogen-bond acceptors (Lipinski definition) is 3. The van der Waals surface area contributed by atoms with Crippen LogP contribution in [0, 0.1) is 0 Å². The molecule has 1 aliphatic heterocycles. The number of fused-ring (bicyclic) bond motifs is 1. The molecule has 90 valence electrons. The molecule has 3 heterocycles. The van der Waals surface area contributed by atoms with Crippen LogP contribution in [-0.2, 0) is 13.0 Å². The van der Waals surface area contributed by atoms with E-state index >= 15 is 0 Å². The average molecular weight is 230 g/mol. The molecule has 0 radical (unpaired) electrons. The monoisotopic (exact) mass is 230 g/mol. The Hall–Kier alpha value is -1.42. The molecule has 0 saturated carbocycles. The van der Waals surface area contributed by atoms with Crippen molar-refractivity contribution in [2.45, 2.75) is 38.8 Å². The maximum absolute atomic E-state index is 4.65. The largest absolute Gasteiger partial charge is 0.312 e. The second-order valence-electron chi connectivity index (χ2n) is 4.63. The van der Waals surface area contributed by atoms with Gasteiger partial charge in [0.15, 0.2) is 5.65 Å².